The van der Waals surface area contributed by atoms with Gasteiger partial charge in [0.25, 0.3) is 0 Å². The van der Waals surface area contributed by atoms with Crippen molar-refractivity contribution in [2.45, 2.75) is 26.2 Å². The van der Waals surface area contributed by atoms with Gasteiger partial charge >= 0.3 is 0 Å². The van der Waals surface area contributed by atoms with E-state index in [1.807, 2.05) is 18.3 Å². The summed E-state index contributed by atoms with van der Waals surface area (Å²) in [5, 5.41) is 2.07. The Morgan fingerprint density at radius 1 is 1.06 bits per heavy atom. The first-order chi connectivity index (χ1) is 8.07. The summed E-state index contributed by atoms with van der Waals surface area (Å²) >= 11 is 1.71. The molecule has 0 aliphatic rings. The van der Waals surface area contributed by atoms with Crippen LogP contribution in [0.1, 0.15) is 31.2 Å². The van der Waals surface area contributed by atoms with Gasteiger partial charge in [0, 0.05) is 11.1 Å². The van der Waals surface area contributed by atoms with E-state index in [0.717, 1.165) is 5.69 Å². The predicted octanol–water partition coefficient (Wildman–Crippen LogP) is 4.80. The number of rotatable bonds is 2. The summed E-state index contributed by atoms with van der Waals surface area (Å²) in [6, 6.07) is 12.5. The van der Waals surface area contributed by atoms with Crippen LogP contribution in [0.4, 0.5) is 5.69 Å². The van der Waals surface area contributed by atoms with E-state index in [1.54, 1.807) is 11.3 Å². The smallest absolute Gasteiger partial charge is 0.0667 e. The fourth-order valence-corrected chi connectivity index (χ4v) is 2.30. The molecule has 0 radical (unpaired) electrons. The summed E-state index contributed by atoms with van der Waals surface area (Å²) in [6.45, 7) is 6.64. The normalized spacial score (nSPS) is 12.2. The second-order valence-electron chi connectivity index (χ2n) is 5.04. The minimum Gasteiger partial charge on any atom is -0.255 e. The number of hydrogen-bond acceptors (Lipinski definition) is 2. The van der Waals surface area contributed by atoms with Gasteiger partial charge in [-0.2, -0.15) is 0 Å². The zero-order valence-electron chi connectivity index (χ0n) is 10.5. The molecule has 1 aromatic heterocycles. The highest BCUT2D eigenvalue weighted by atomic mass is 32.1. The van der Waals surface area contributed by atoms with E-state index < -0.39 is 0 Å². The monoisotopic (exact) mass is 243 g/mol. The third kappa shape index (κ3) is 3.04. The minimum absolute atomic E-state index is 0.128. The van der Waals surface area contributed by atoms with Crippen LogP contribution in [-0.2, 0) is 5.41 Å². The van der Waals surface area contributed by atoms with Crippen molar-refractivity contribution in [3.63, 3.8) is 0 Å². The van der Waals surface area contributed by atoms with Gasteiger partial charge in [-0.25, -0.2) is 0 Å². The molecule has 0 N–H and O–H groups in total. The molecule has 0 saturated heterocycles. The van der Waals surface area contributed by atoms with E-state index in [2.05, 4.69) is 55.4 Å². The first-order valence-corrected chi connectivity index (χ1v) is 6.62. The van der Waals surface area contributed by atoms with Crippen LogP contribution >= 0.6 is 11.3 Å². The Labute approximate surface area is 107 Å². The summed E-state index contributed by atoms with van der Waals surface area (Å²) in [5.41, 5.74) is 2.48. The van der Waals surface area contributed by atoms with Gasteiger partial charge in [0.05, 0.1) is 5.69 Å². The molecule has 0 saturated carbocycles. The number of hydrogen-bond donors (Lipinski definition) is 0. The lowest BCUT2D eigenvalue weighted by Crippen LogP contribution is -2.10. The molecule has 0 aliphatic heterocycles. The molecule has 17 heavy (non-hydrogen) atoms. The van der Waals surface area contributed by atoms with E-state index in [9.17, 15) is 0 Å². The molecule has 0 aliphatic carbocycles. The topological polar surface area (TPSA) is 12.4 Å². The van der Waals surface area contributed by atoms with Gasteiger partial charge in [-0.3, -0.25) is 4.99 Å². The van der Waals surface area contributed by atoms with E-state index in [4.69, 9.17) is 0 Å². The number of para-hydroxylation sites is 1. The molecule has 1 nitrogen and oxygen atoms in total. The largest absolute Gasteiger partial charge is 0.255 e. The van der Waals surface area contributed by atoms with Crippen molar-refractivity contribution in [2.24, 2.45) is 4.99 Å². The molecule has 0 fully saturated rings. The molecule has 0 bridgehead atoms. The third-order valence-electron chi connectivity index (χ3n) is 2.59. The molecule has 2 aromatic rings. The molecular formula is C15H17NS. The summed E-state index contributed by atoms with van der Waals surface area (Å²) in [6.07, 6.45) is 1.94. The maximum atomic E-state index is 4.60. The van der Waals surface area contributed by atoms with Crippen molar-refractivity contribution in [2.75, 3.05) is 0 Å². The van der Waals surface area contributed by atoms with Crippen molar-refractivity contribution in [3.8, 4) is 0 Å². The molecule has 0 atom stereocenters. The van der Waals surface area contributed by atoms with Gasteiger partial charge in [-0.1, -0.05) is 45.0 Å². The second kappa shape index (κ2) is 4.84. The van der Waals surface area contributed by atoms with Crippen molar-refractivity contribution in [1.82, 2.24) is 0 Å². The van der Waals surface area contributed by atoms with Crippen LogP contribution in [-0.4, -0.2) is 6.21 Å². The van der Waals surface area contributed by atoms with E-state index in [0.29, 0.717) is 0 Å². The highest BCUT2D eigenvalue weighted by Gasteiger charge is 2.16. The Balaban J connectivity index is 2.33. The third-order valence-corrected chi connectivity index (χ3v) is 3.39. The summed E-state index contributed by atoms with van der Waals surface area (Å²) in [5.74, 6) is 0. The second-order valence-corrected chi connectivity index (χ2v) is 6.02. The lowest BCUT2D eigenvalue weighted by Gasteiger charge is -2.20. The average molecular weight is 243 g/mol. The number of nitrogens with zero attached hydrogens (tertiary/aromatic N) is 1. The van der Waals surface area contributed by atoms with Gasteiger partial charge in [0.2, 0.25) is 0 Å². The Morgan fingerprint density at radius 2 is 1.82 bits per heavy atom. The van der Waals surface area contributed by atoms with Crippen LogP contribution in [0.3, 0.4) is 0 Å². The number of aliphatic imine (C=N–C) groups is 1. The minimum atomic E-state index is 0.128. The molecule has 0 amide bonds. The fourth-order valence-electron chi connectivity index (χ4n) is 1.72. The van der Waals surface area contributed by atoms with Gasteiger partial charge in [0.1, 0.15) is 0 Å². The van der Waals surface area contributed by atoms with Crippen molar-refractivity contribution >= 4 is 23.2 Å². The molecule has 1 heterocycles. The van der Waals surface area contributed by atoms with E-state index in [-0.39, 0.29) is 5.41 Å². The van der Waals surface area contributed by atoms with E-state index >= 15 is 0 Å². The predicted molar refractivity (Wildman–Crippen MR) is 76.7 cm³/mol. The fraction of sp³-hybridized carbons (Fsp3) is 0.267. The van der Waals surface area contributed by atoms with Gasteiger partial charge < -0.3 is 0 Å². The number of benzene rings is 1. The van der Waals surface area contributed by atoms with Gasteiger partial charge in [0.15, 0.2) is 0 Å². The number of thiophene rings is 1. The standard InChI is InChI=1S/C15H17NS/c1-15(2,3)13-8-4-5-9-14(13)16-11-12-7-6-10-17-12/h4-11H,1-3H3. The summed E-state index contributed by atoms with van der Waals surface area (Å²) in [7, 11) is 0. The van der Waals surface area contributed by atoms with Crippen LogP contribution in [0, 0.1) is 0 Å². The van der Waals surface area contributed by atoms with Crippen molar-refractivity contribution in [3.05, 3.63) is 52.2 Å². The molecule has 2 heteroatoms. The zero-order chi connectivity index (χ0) is 12.3. The average Bonchev–Trinajstić information content (AvgIpc) is 2.78. The molecular weight excluding hydrogens is 226 g/mol. The Kier molecular flexibility index (Phi) is 3.43. The first-order valence-electron chi connectivity index (χ1n) is 5.74. The van der Waals surface area contributed by atoms with Crippen molar-refractivity contribution in [1.29, 1.82) is 0 Å². The van der Waals surface area contributed by atoms with Gasteiger partial charge in [-0.15, -0.1) is 11.3 Å². The highest BCUT2D eigenvalue weighted by Crippen LogP contribution is 2.31. The maximum absolute atomic E-state index is 4.60. The summed E-state index contributed by atoms with van der Waals surface area (Å²) in [4.78, 5) is 5.79. The van der Waals surface area contributed by atoms with Gasteiger partial charge in [-0.05, 0) is 28.5 Å². The lowest BCUT2D eigenvalue weighted by molar-refractivity contribution is 0.591. The van der Waals surface area contributed by atoms with Crippen LogP contribution in [0.2, 0.25) is 0 Å². The Morgan fingerprint density at radius 3 is 2.47 bits per heavy atom. The molecule has 0 spiro atoms. The molecule has 1 aromatic carbocycles. The van der Waals surface area contributed by atoms with Crippen LogP contribution in [0.25, 0.3) is 0 Å². The molecule has 0 unspecified atom stereocenters. The maximum Gasteiger partial charge on any atom is 0.0667 e. The molecule has 2 rings (SSSR count). The highest BCUT2D eigenvalue weighted by molar-refractivity contribution is 7.11. The Hall–Kier alpha value is -1.41. The lowest BCUT2D eigenvalue weighted by atomic mass is 9.86. The summed E-state index contributed by atoms with van der Waals surface area (Å²) < 4.78 is 0. The van der Waals surface area contributed by atoms with Crippen LogP contribution < -0.4 is 0 Å². The van der Waals surface area contributed by atoms with Crippen LogP contribution in [0.15, 0.2) is 46.8 Å². The SMILES string of the molecule is CC(C)(C)c1ccccc1N=Cc1cccs1. The quantitative estimate of drug-likeness (QED) is 0.672. The first kappa shape index (κ1) is 12.1. The van der Waals surface area contributed by atoms with Crippen LogP contribution in [0.5, 0.6) is 0 Å². The van der Waals surface area contributed by atoms with E-state index in [1.165, 1.54) is 10.4 Å². The van der Waals surface area contributed by atoms with Crippen molar-refractivity contribution < 1.29 is 0 Å². The zero-order valence-corrected chi connectivity index (χ0v) is 11.3. The Bertz CT molecular complexity index is 504. The molecule has 88 valence electrons.